The Labute approximate surface area is 152 Å². The van der Waals surface area contributed by atoms with Crippen LogP contribution in [0, 0.1) is 23.6 Å². The van der Waals surface area contributed by atoms with Crippen molar-refractivity contribution in [2.45, 2.75) is 71.1 Å². The second-order valence-electron chi connectivity index (χ2n) is 8.05. The first-order valence-corrected chi connectivity index (χ1v) is 10.2. The summed E-state index contributed by atoms with van der Waals surface area (Å²) in [6.45, 7) is 2.34. The minimum atomic E-state index is -0.250. The summed E-state index contributed by atoms with van der Waals surface area (Å²) in [6, 6.07) is 5.35. The lowest BCUT2D eigenvalue weighted by molar-refractivity contribution is 0.189. The number of ether oxygens (including phenoxy) is 1. The van der Waals surface area contributed by atoms with Gasteiger partial charge in [-0.25, -0.2) is 4.39 Å². The van der Waals surface area contributed by atoms with Crippen LogP contribution in [0.25, 0.3) is 0 Å². The summed E-state index contributed by atoms with van der Waals surface area (Å²) in [5, 5.41) is 0. The molecular weight excluding hydrogens is 311 g/mol. The van der Waals surface area contributed by atoms with Gasteiger partial charge in [0.2, 0.25) is 0 Å². The standard InChI is InChI=1S/C23H33FO/c1-3-17-6-11-20(12-7-17)21-13-8-18(9-14-21)4-5-19-10-15-23(25-2)22(24)16-19/h8,10,15-17,20-21H,3-7,9,11-14H2,1-2H3/t17-,20-,21?. The number of methoxy groups -OCH3 is 1. The van der Waals surface area contributed by atoms with Crippen molar-refractivity contribution in [1.29, 1.82) is 0 Å². The van der Waals surface area contributed by atoms with E-state index in [4.69, 9.17) is 4.74 Å². The molecule has 1 atom stereocenters. The summed E-state index contributed by atoms with van der Waals surface area (Å²) in [4.78, 5) is 0. The maximum absolute atomic E-state index is 13.8. The molecule has 0 spiro atoms. The van der Waals surface area contributed by atoms with E-state index in [1.165, 1.54) is 58.5 Å². The first-order chi connectivity index (χ1) is 12.2. The van der Waals surface area contributed by atoms with Crippen molar-refractivity contribution in [1.82, 2.24) is 0 Å². The Bertz CT molecular complexity index is 584. The fourth-order valence-electron chi connectivity index (χ4n) is 4.80. The van der Waals surface area contributed by atoms with Crippen molar-refractivity contribution in [3.63, 3.8) is 0 Å². The Kier molecular flexibility index (Phi) is 6.56. The van der Waals surface area contributed by atoms with Crippen LogP contribution in [0.1, 0.15) is 70.3 Å². The van der Waals surface area contributed by atoms with E-state index in [0.29, 0.717) is 5.75 Å². The Morgan fingerprint density at radius 3 is 2.44 bits per heavy atom. The minimum absolute atomic E-state index is 0.250. The van der Waals surface area contributed by atoms with Gasteiger partial charge in [-0.1, -0.05) is 43.9 Å². The smallest absolute Gasteiger partial charge is 0.165 e. The van der Waals surface area contributed by atoms with E-state index in [2.05, 4.69) is 13.0 Å². The number of rotatable bonds is 6. The van der Waals surface area contributed by atoms with Gasteiger partial charge in [-0.05, 0) is 80.4 Å². The van der Waals surface area contributed by atoms with Gasteiger partial charge in [-0.3, -0.25) is 0 Å². The third-order valence-corrected chi connectivity index (χ3v) is 6.63. The van der Waals surface area contributed by atoms with Crippen LogP contribution >= 0.6 is 0 Å². The molecule has 2 aliphatic rings. The highest BCUT2D eigenvalue weighted by Crippen LogP contribution is 2.40. The van der Waals surface area contributed by atoms with Gasteiger partial charge in [0.15, 0.2) is 11.6 Å². The highest BCUT2D eigenvalue weighted by atomic mass is 19.1. The van der Waals surface area contributed by atoms with Crippen molar-refractivity contribution >= 4 is 0 Å². The number of aryl methyl sites for hydroxylation is 1. The van der Waals surface area contributed by atoms with Crippen molar-refractivity contribution in [3.05, 3.63) is 41.2 Å². The average molecular weight is 345 g/mol. The Morgan fingerprint density at radius 2 is 1.84 bits per heavy atom. The maximum Gasteiger partial charge on any atom is 0.165 e. The zero-order valence-corrected chi connectivity index (χ0v) is 15.9. The third-order valence-electron chi connectivity index (χ3n) is 6.63. The molecule has 0 amide bonds. The molecule has 138 valence electrons. The van der Waals surface area contributed by atoms with Crippen LogP contribution in [0.3, 0.4) is 0 Å². The summed E-state index contributed by atoms with van der Waals surface area (Å²) >= 11 is 0. The predicted molar refractivity (Wildman–Crippen MR) is 102 cm³/mol. The first-order valence-electron chi connectivity index (χ1n) is 10.2. The van der Waals surface area contributed by atoms with Gasteiger partial charge in [0.1, 0.15) is 0 Å². The normalized spacial score (nSPS) is 27.0. The summed E-state index contributed by atoms with van der Waals surface area (Å²) in [6.07, 6.45) is 15.6. The van der Waals surface area contributed by atoms with E-state index < -0.39 is 0 Å². The van der Waals surface area contributed by atoms with Gasteiger partial charge in [0, 0.05) is 0 Å². The van der Waals surface area contributed by atoms with Crippen LogP contribution < -0.4 is 4.74 Å². The van der Waals surface area contributed by atoms with E-state index in [-0.39, 0.29) is 5.82 Å². The Hall–Kier alpha value is -1.31. The lowest BCUT2D eigenvalue weighted by Crippen LogP contribution is -2.23. The Morgan fingerprint density at radius 1 is 1.04 bits per heavy atom. The fraction of sp³-hybridized carbons (Fsp3) is 0.652. The fourth-order valence-corrected chi connectivity index (χ4v) is 4.80. The number of benzene rings is 1. The molecule has 0 heterocycles. The monoisotopic (exact) mass is 344 g/mol. The number of hydrogen-bond donors (Lipinski definition) is 0. The molecule has 1 fully saturated rings. The molecule has 1 aromatic carbocycles. The molecule has 0 bridgehead atoms. The second-order valence-corrected chi connectivity index (χ2v) is 8.05. The molecule has 2 aliphatic carbocycles. The molecule has 1 unspecified atom stereocenters. The molecule has 1 saturated carbocycles. The molecule has 0 saturated heterocycles. The van der Waals surface area contributed by atoms with Crippen LogP contribution in [0.4, 0.5) is 4.39 Å². The van der Waals surface area contributed by atoms with Gasteiger partial charge in [0.25, 0.3) is 0 Å². The van der Waals surface area contributed by atoms with Gasteiger partial charge in [-0.2, -0.15) is 0 Å². The quantitative estimate of drug-likeness (QED) is 0.521. The average Bonchev–Trinajstić information content (AvgIpc) is 2.67. The summed E-state index contributed by atoms with van der Waals surface area (Å²) in [7, 11) is 1.51. The summed E-state index contributed by atoms with van der Waals surface area (Å²) in [5.74, 6) is 2.97. The maximum atomic E-state index is 13.8. The molecule has 2 heteroatoms. The SMILES string of the molecule is CC[C@H]1CC[C@H](C2CC=C(CCc3ccc(OC)c(F)c3)CC2)CC1. The number of halogens is 1. The highest BCUT2D eigenvalue weighted by Gasteiger charge is 2.27. The van der Waals surface area contributed by atoms with E-state index in [1.54, 1.807) is 17.7 Å². The molecule has 0 aromatic heterocycles. The second kappa shape index (κ2) is 8.87. The zero-order chi connectivity index (χ0) is 17.6. The molecule has 0 N–H and O–H groups in total. The molecule has 25 heavy (non-hydrogen) atoms. The molecule has 1 nitrogen and oxygen atoms in total. The van der Waals surface area contributed by atoms with Crippen LogP contribution in [0.15, 0.2) is 29.8 Å². The molecule has 0 aliphatic heterocycles. The number of hydrogen-bond acceptors (Lipinski definition) is 1. The lowest BCUT2D eigenvalue weighted by atomic mass is 9.71. The van der Waals surface area contributed by atoms with Crippen LogP contribution in [-0.4, -0.2) is 7.11 Å². The van der Waals surface area contributed by atoms with Crippen molar-refractivity contribution in [2.24, 2.45) is 17.8 Å². The zero-order valence-electron chi connectivity index (χ0n) is 15.9. The van der Waals surface area contributed by atoms with E-state index in [1.807, 2.05) is 6.07 Å². The van der Waals surface area contributed by atoms with Crippen molar-refractivity contribution < 1.29 is 9.13 Å². The largest absolute Gasteiger partial charge is 0.494 e. The van der Waals surface area contributed by atoms with Crippen LogP contribution in [0.5, 0.6) is 5.75 Å². The van der Waals surface area contributed by atoms with E-state index in [0.717, 1.165) is 36.2 Å². The van der Waals surface area contributed by atoms with Gasteiger partial charge in [-0.15, -0.1) is 0 Å². The van der Waals surface area contributed by atoms with Gasteiger partial charge < -0.3 is 4.74 Å². The van der Waals surface area contributed by atoms with Crippen LogP contribution in [0.2, 0.25) is 0 Å². The molecule has 1 aromatic rings. The van der Waals surface area contributed by atoms with Crippen molar-refractivity contribution in [2.75, 3.05) is 7.11 Å². The summed E-state index contributed by atoms with van der Waals surface area (Å²) < 4.78 is 18.8. The molecule has 3 rings (SSSR count). The summed E-state index contributed by atoms with van der Waals surface area (Å²) in [5.41, 5.74) is 2.65. The highest BCUT2D eigenvalue weighted by molar-refractivity contribution is 5.29. The van der Waals surface area contributed by atoms with Crippen molar-refractivity contribution in [3.8, 4) is 5.75 Å². The predicted octanol–water partition coefficient (Wildman–Crippen LogP) is 6.71. The van der Waals surface area contributed by atoms with E-state index in [9.17, 15) is 4.39 Å². The first kappa shape index (κ1) is 18.5. The third kappa shape index (κ3) is 4.86. The number of allylic oxidation sites excluding steroid dienone is 2. The van der Waals surface area contributed by atoms with Crippen LogP contribution in [-0.2, 0) is 6.42 Å². The van der Waals surface area contributed by atoms with Gasteiger partial charge in [0.05, 0.1) is 7.11 Å². The topological polar surface area (TPSA) is 9.23 Å². The van der Waals surface area contributed by atoms with E-state index >= 15 is 0 Å². The molecular formula is C23H33FO. The Balaban J connectivity index is 1.46. The molecule has 0 radical (unpaired) electrons. The van der Waals surface area contributed by atoms with Gasteiger partial charge >= 0.3 is 0 Å². The lowest BCUT2D eigenvalue weighted by Gasteiger charge is -2.35. The minimum Gasteiger partial charge on any atom is -0.494 e.